The van der Waals surface area contributed by atoms with E-state index in [0.717, 1.165) is 22.5 Å². The van der Waals surface area contributed by atoms with E-state index in [2.05, 4.69) is 24.0 Å². The summed E-state index contributed by atoms with van der Waals surface area (Å²) in [5.74, 6) is 1.04. The first-order valence-electron chi connectivity index (χ1n) is 17.2. The summed E-state index contributed by atoms with van der Waals surface area (Å²) in [4.78, 5) is 31.3. The van der Waals surface area contributed by atoms with E-state index < -0.39 is 24.4 Å². The number of aryl methyl sites for hydroxylation is 1. The Morgan fingerprint density at radius 2 is 1.80 bits per heavy atom. The lowest BCUT2D eigenvalue weighted by Gasteiger charge is -2.42. The number of thioether (sulfide) groups is 1. The maximum Gasteiger partial charge on any atom is 0.233 e. The van der Waals surface area contributed by atoms with Crippen molar-refractivity contribution in [3.63, 3.8) is 0 Å². The molecule has 0 radical (unpaired) electrons. The predicted molar refractivity (Wildman–Crippen MR) is 193 cm³/mol. The van der Waals surface area contributed by atoms with E-state index in [1.807, 2.05) is 72.0 Å². The molecule has 2 aromatic carbocycles. The van der Waals surface area contributed by atoms with Crippen molar-refractivity contribution < 1.29 is 34.0 Å². The minimum atomic E-state index is -1.26. The minimum absolute atomic E-state index is 0.0299. The molecule has 1 fully saturated rings. The number of carbonyl (C=O) groups is 2. The number of benzene rings is 2. The molecule has 274 valence electrons. The highest BCUT2D eigenvalue weighted by Gasteiger charge is 2.37. The van der Waals surface area contributed by atoms with E-state index in [1.54, 1.807) is 12.0 Å². The van der Waals surface area contributed by atoms with Crippen molar-refractivity contribution in [3.05, 3.63) is 59.7 Å². The van der Waals surface area contributed by atoms with Crippen LogP contribution >= 0.6 is 11.8 Å². The van der Waals surface area contributed by atoms with Gasteiger partial charge >= 0.3 is 0 Å². The smallest absolute Gasteiger partial charge is 0.233 e. The third-order valence-corrected chi connectivity index (χ3v) is 10.4. The second-order valence-electron chi connectivity index (χ2n) is 13.3. The van der Waals surface area contributed by atoms with Gasteiger partial charge in [0.25, 0.3) is 0 Å². The Morgan fingerprint density at radius 1 is 1.06 bits per heavy atom. The number of carbonyl (C=O) groups excluding carboxylic acids is 2. The molecule has 0 aliphatic carbocycles. The number of methoxy groups -OCH3 is 2. The standard InChI is InChI=1S/C37H53N5O7S/c1-24(2)30-20-41(26(4)43)21-32(48-7)35(46)31(44)22-49-18-9-8-17-42(34(30)28-11-10-12-29(19-28)47-6)33(45)23-50-37-39-38-36(40(37)5)27-15-13-25(3)14-16-27/h10-16,19,24,30-32,34-35,44,46H,8-9,17-18,20-23H2,1-7H3/t30-,31+,32+,34-,35+/m1/s1. The molecule has 0 spiro atoms. The lowest BCUT2D eigenvalue weighted by Crippen LogP contribution is -2.51. The largest absolute Gasteiger partial charge is 0.497 e. The van der Waals surface area contributed by atoms with Crippen LogP contribution in [-0.4, -0.2) is 118 Å². The average Bonchev–Trinajstić information content (AvgIpc) is 3.47. The molecule has 5 atom stereocenters. The molecule has 50 heavy (non-hydrogen) atoms. The number of rotatable bonds is 8. The van der Waals surface area contributed by atoms with Gasteiger partial charge in [-0.25, -0.2) is 0 Å². The van der Waals surface area contributed by atoms with Crippen molar-refractivity contribution in [3.8, 4) is 17.1 Å². The molecular weight excluding hydrogens is 659 g/mol. The molecule has 3 aromatic rings. The van der Waals surface area contributed by atoms with Crippen molar-refractivity contribution in [2.24, 2.45) is 18.9 Å². The Morgan fingerprint density at radius 3 is 2.46 bits per heavy atom. The molecule has 12 nitrogen and oxygen atoms in total. The van der Waals surface area contributed by atoms with Crippen molar-refractivity contribution in [1.29, 1.82) is 0 Å². The van der Waals surface area contributed by atoms with Crippen LogP contribution in [-0.2, 0) is 26.1 Å². The molecule has 4 rings (SSSR count). The Hall–Kier alpha value is -3.49. The van der Waals surface area contributed by atoms with Gasteiger partial charge in [0.15, 0.2) is 11.0 Å². The molecule has 2 amide bonds. The zero-order chi connectivity index (χ0) is 36.4. The molecule has 0 unspecified atom stereocenters. The zero-order valence-electron chi connectivity index (χ0n) is 30.3. The normalized spacial score (nSPS) is 23.0. The second-order valence-corrected chi connectivity index (χ2v) is 14.2. The SMILES string of the molecule is COc1cccc([C@@H]2[C@@H](C(C)C)CN(C(C)=O)C[C@H](OC)[C@@H](O)[C@@H](O)COCCCCN2C(=O)CSc2nnc(-c3ccc(C)cc3)n2C)c1. The first-order chi connectivity index (χ1) is 23.9. The van der Waals surface area contributed by atoms with Gasteiger partial charge in [0.05, 0.1) is 25.5 Å². The minimum Gasteiger partial charge on any atom is -0.497 e. The fraction of sp³-hybridized carbons (Fsp3) is 0.568. The van der Waals surface area contributed by atoms with Gasteiger partial charge in [-0.1, -0.05) is 67.6 Å². The molecule has 1 saturated heterocycles. The van der Waals surface area contributed by atoms with Crippen LogP contribution in [0.25, 0.3) is 11.4 Å². The van der Waals surface area contributed by atoms with E-state index >= 15 is 0 Å². The molecule has 1 aliphatic rings. The first kappa shape index (κ1) is 39.3. The highest BCUT2D eigenvalue weighted by molar-refractivity contribution is 7.99. The van der Waals surface area contributed by atoms with Crippen molar-refractivity contribution >= 4 is 23.6 Å². The highest BCUT2D eigenvalue weighted by Crippen LogP contribution is 2.37. The topological polar surface area (TPSA) is 139 Å². The molecule has 0 saturated carbocycles. The number of aliphatic hydroxyl groups excluding tert-OH is 2. The molecule has 2 heterocycles. The summed E-state index contributed by atoms with van der Waals surface area (Å²) < 4.78 is 18.9. The van der Waals surface area contributed by atoms with Crippen molar-refractivity contribution in [1.82, 2.24) is 24.6 Å². The average molecular weight is 712 g/mol. The number of hydrogen-bond acceptors (Lipinski definition) is 10. The van der Waals surface area contributed by atoms with Gasteiger partial charge in [-0.2, -0.15) is 0 Å². The Labute approximate surface area is 300 Å². The molecule has 0 bridgehead atoms. The first-order valence-corrected chi connectivity index (χ1v) is 18.2. The lowest BCUT2D eigenvalue weighted by molar-refractivity contribution is -0.139. The summed E-state index contributed by atoms with van der Waals surface area (Å²) in [7, 11) is 4.96. The van der Waals surface area contributed by atoms with Crippen LogP contribution in [0, 0.1) is 18.8 Å². The quantitative estimate of drug-likeness (QED) is 0.328. The Kier molecular flexibility index (Phi) is 14.7. The van der Waals surface area contributed by atoms with Crippen LogP contribution in [0.15, 0.2) is 53.7 Å². The second kappa shape index (κ2) is 18.7. The molecule has 13 heteroatoms. The van der Waals surface area contributed by atoms with Gasteiger partial charge in [0.1, 0.15) is 24.1 Å². The van der Waals surface area contributed by atoms with Gasteiger partial charge in [0.2, 0.25) is 11.8 Å². The Balaban J connectivity index is 1.72. The van der Waals surface area contributed by atoms with E-state index in [1.165, 1.54) is 25.8 Å². The summed E-state index contributed by atoms with van der Waals surface area (Å²) in [5, 5.41) is 31.1. The fourth-order valence-corrected chi connectivity index (χ4v) is 7.14. The van der Waals surface area contributed by atoms with Gasteiger partial charge < -0.3 is 38.8 Å². The highest BCUT2D eigenvalue weighted by atomic mass is 32.2. The molecule has 1 aliphatic heterocycles. The molecule has 2 N–H and O–H groups in total. The van der Waals surface area contributed by atoms with Crippen LogP contribution in [0.3, 0.4) is 0 Å². The van der Waals surface area contributed by atoms with Crippen LogP contribution in [0.4, 0.5) is 0 Å². The summed E-state index contributed by atoms with van der Waals surface area (Å²) in [6.07, 6.45) is -2.03. The summed E-state index contributed by atoms with van der Waals surface area (Å²) in [6.45, 7) is 8.74. The monoisotopic (exact) mass is 711 g/mol. The summed E-state index contributed by atoms with van der Waals surface area (Å²) in [5.41, 5.74) is 2.99. The zero-order valence-corrected chi connectivity index (χ0v) is 31.1. The van der Waals surface area contributed by atoms with Crippen LogP contribution < -0.4 is 4.74 Å². The van der Waals surface area contributed by atoms with Crippen molar-refractivity contribution in [2.45, 2.75) is 70.0 Å². The maximum atomic E-state index is 14.5. The number of amides is 2. The number of hydrogen-bond donors (Lipinski definition) is 2. The fourth-order valence-electron chi connectivity index (χ4n) is 6.34. The van der Waals surface area contributed by atoms with E-state index in [-0.39, 0.29) is 49.1 Å². The lowest BCUT2D eigenvalue weighted by atomic mass is 9.82. The third-order valence-electron chi connectivity index (χ3n) is 9.40. The van der Waals surface area contributed by atoms with E-state index in [9.17, 15) is 19.8 Å². The Bertz CT molecular complexity index is 1530. The van der Waals surface area contributed by atoms with Gasteiger partial charge in [0, 0.05) is 58.8 Å². The molecule has 1 aromatic heterocycles. The number of aromatic nitrogens is 3. The number of aliphatic hydroxyl groups is 2. The van der Waals surface area contributed by atoms with Gasteiger partial charge in [-0.15, -0.1) is 10.2 Å². The summed E-state index contributed by atoms with van der Waals surface area (Å²) >= 11 is 1.34. The number of ether oxygens (including phenoxy) is 3. The van der Waals surface area contributed by atoms with Gasteiger partial charge in [-0.3, -0.25) is 9.59 Å². The van der Waals surface area contributed by atoms with E-state index in [4.69, 9.17) is 14.2 Å². The van der Waals surface area contributed by atoms with Gasteiger partial charge in [-0.05, 0) is 43.4 Å². The van der Waals surface area contributed by atoms with E-state index in [0.29, 0.717) is 36.9 Å². The third kappa shape index (κ3) is 10.1. The molecular formula is C37H53N5O7S. The van der Waals surface area contributed by atoms with Crippen LogP contribution in [0.1, 0.15) is 50.8 Å². The van der Waals surface area contributed by atoms with Crippen molar-refractivity contribution in [2.75, 3.05) is 52.8 Å². The van der Waals surface area contributed by atoms with Crippen LogP contribution in [0.2, 0.25) is 0 Å². The van der Waals surface area contributed by atoms with Crippen LogP contribution in [0.5, 0.6) is 5.75 Å². The summed E-state index contributed by atoms with van der Waals surface area (Å²) in [6, 6.07) is 15.4. The maximum absolute atomic E-state index is 14.5. The number of nitrogens with zero attached hydrogens (tertiary/aromatic N) is 5. The predicted octanol–water partition coefficient (Wildman–Crippen LogP) is 4.13.